The minimum Gasteiger partial charge on any atom is -0.494 e. The lowest BCUT2D eigenvalue weighted by Gasteiger charge is -2.07. The number of nitrogens with zero attached hydrogens (tertiary/aromatic N) is 1. The molecule has 0 aliphatic heterocycles. The molecule has 4 heteroatoms. The van der Waals surface area contributed by atoms with Crippen molar-refractivity contribution in [3.05, 3.63) is 69.8 Å². The van der Waals surface area contributed by atoms with Crippen LogP contribution in [0.25, 0.3) is 0 Å². The van der Waals surface area contributed by atoms with Gasteiger partial charge in [0.1, 0.15) is 5.75 Å². The molecule has 0 atom stereocenters. The molecule has 4 nitrogen and oxygen atoms in total. The van der Waals surface area contributed by atoms with Crippen LogP contribution in [0.3, 0.4) is 0 Å². The summed E-state index contributed by atoms with van der Waals surface area (Å²) in [6.45, 7) is 2.32. The number of rotatable bonds is 6. The molecule has 0 heterocycles. The van der Waals surface area contributed by atoms with Crippen LogP contribution in [0.4, 0.5) is 5.69 Å². The highest BCUT2D eigenvalue weighted by Gasteiger charge is 2.10. The zero-order chi connectivity index (χ0) is 14.4. The highest BCUT2D eigenvalue weighted by atomic mass is 16.6. The molecule has 20 heavy (non-hydrogen) atoms. The lowest BCUT2D eigenvalue weighted by Crippen LogP contribution is -2.00. The third kappa shape index (κ3) is 3.82. The van der Waals surface area contributed by atoms with E-state index >= 15 is 0 Å². The van der Waals surface area contributed by atoms with E-state index in [-0.39, 0.29) is 10.6 Å². The first-order chi connectivity index (χ1) is 9.66. The maximum atomic E-state index is 10.7. The summed E-state index contributed by atoms with van der Waals surface area (Å²) in [5.74, 6) is 0.682. The molecular weight excluding hydrogens is 254 g/mol. The summed E-state index contributed by atoms with van der Waals surface area (Å²) in [6.07, 6.45) is 1.88. The van der Waals surface area contributed by atoms with Gasteiger partial charge in [0.2, 0.25) is 0 Å². The van der Waals surface area contributed by atoms with Gasteiger partial charge in [-0.2, -0.15) is 0 Å². The van der Waals surface area contributed by atoms with E-state index in [9.17, 15) is 10.1 Å². The van der Waals surface area contributed by atoms with Gasteiger partial charge in [-0.3, -0.25) is 10.1 Å². The van der Waals surface area contributed by atoms with Crippen molar-refractivity contribution in [1.82, 2.24) is 0 Å². The highest BCUT2D eigenvalue weighted by molar-refractivity contribution is 5.44. The van der Waals surface area contributed by atoms with Gasteiger partial charge in [-0.05, 0) is 37.5 Å². The van der Waals surface area contributed by atoms with E-state index in [0.29, 0.717) is 17.9 Å². The van der Waals surface area contributed by atoms with Crippen LogP contribution in [0.15, 0.2) is 48.5 Å². The van der Waals surface area contributed by atoms with Crippen molar-refractivity contribution in [2.24, 2.45) is 0 Å². The summed E-state index contributed by atoms with van der Waals surface area (Å²) < 4.78 is 5.62. The molecule has 0 N–H and O–H groups in total. The van der Waals surface area contributed by atoms with Gasteiger partial charge >= 0.3 is 0 Å². The predicted molar refractivity (Wildman–Crippen MR) is 78.1 cm³/mol. The predicted octanol–water partition coefficient (Wildman–Crippen LogP) is 3.91. The number of aryl methyl sites for hydroxylation is 2. The summed E-state index contributed by atoms with van der Waals surface area (Å²) in [4.78, 5) is 10.3. The zero-order valence-electron chi connectivity index (χ0n) is 11.4. The van der Waals surface area contributed by atoms with E-state index in [1.165, 1.54) is 11.6 Å². The fraction of sp³-hybridized carbons (Fsp3) is 0.250. The Labute approximate surface area is 118 Å². The van der Waals surface area contributed by atoms with E-state index in [4.69, 9.17) is 4.74 Å². The van der Waals surface area contributed by atoms with Crippen LogP contribution >= 0.6 is 0 Å². The lowest BCUT2D eigenvalue weighted by molar-refractivity contribution is -0.385. The van der Waals surface area contributed by atoms with Gasteiger partial charge in [-0.1, -0.05) is 30.3 Å². The minimum atomic E-state index is -0.380. The molecule has 0 unspecified atom stereocenters. The largest absolute Gasteiger partial charge is 0.494 e. The third-order valence-electron chi connectivity index (χ3n) is 3.09. The molecule has 2 aromatic rings. The van der Waals surface area contributed by atoms with Gasteiger partial charge in [-0.25, -0.2) is 0 Å². The van der Waals surface area contributed by atoms with Crippen molar-refractivity contribution in [2.45, 2.75) is 19.8 Å². The van der Waals surface area contributed by atoms with Crippen molar-refractivity contribution >= 4 is 5.69 Å². The monoisotopic (exact) mass is 271 g/mol. The molecule has 0 aromatic heterocycles. The maximum Gasteiger partial charge on any atom is 0.272 e. The Kier molecular flexibility index (Phi) is 4.71. The molecule has 0 saturated carbocycles. The topological polar surface area (TPSA) is 52.4 Å². The van der Waals surface area contributed by atoms with Crippen molar-refractivity contribution in [1.29, 1.82) is 0 Å². The normalized spacial score (nSPS) is 10.2. The van der Waals surface area contributed by atoms with Crippen molar-refractivity contribution < 1.29 is 9.66 Å². The highest BCUT2D eigenvalue weighted by Crippen LogP contribution is 2.23. The van der Waals surface area contributed by atoms with E-state index in [1.807, 2.05) is 18.2 Å². The standard InChI is InChI=1S/C16H17NO3/c1-13-12-15(9-10-16(13)17(18)19)20-11-5-8-14-6-3-2-4-7-14/h2-4,6-7,9-10,12H,5,8,11H2,1H3. The van der Waals surface area contributed by atoms with E-state index in [0.717, 1.165) is 12.8 Å². The number of hydrogen-bond donors (Lipinski definition) is 0. The smallest absolute Gasteiger partial charge is 0.272 e. The first kappa shape index (κ1) is 14.1. The molecular formula is C16H17NO3. The van der Waals surface area contributed by atoms with Gasteiger partial charge < -0.3 is 4.74 Å². The maximum absolute atomic E-state index is 10.7. The molecule has 0 saturated heterocycles. The van der Waals surface area contributed by atoms with Crippen molar-refractivity contribution in [3.8, 4) is 5.75 Å². The SMILES string of the molecule is Cc1cc(OCCCc2ccccc2)ccc1[N+](=O)[O-]. The van der Waals surface area contributed by atoms with Gasteiger partial charge in [-0.15, -0.1) is 0 Å². The summed E-state index contributed by atoms with van der Waals surface area (Å²) in [5.41, 5.74) is 2.04. The Morgan fingerprint density at radius 2 is 1.90 bits per heavy atom. The van der Waals surface area contributed by atoms with Crippen LogP contribution in [-0.4, -0.2) is 11.5 Å². The molecule has 0 spiro atoms. The van der Waals surface area contributed by atoms with E-state index in [2.05, 4.69) is 12.1 Å². The first-order valence-electron chi connectivity index (χ1n) is 6.58. The van der Waals surface area contributed by atoms with Crippen LogP contribution in [0.1, 0.15) is 17.5 Å². The zero-order valence-corrected chi connectivity index (χ0v) is 11.4. The molecule has 2 rings (SSSR count). The molecule has 0 aliphatic carbocycles. The Morgan fingerprint density at radius 1 is 1.15 bits per heavy atom. The number of nitro benzene ring substituents is 1. The van der Waals surface area contributed by atoms with Crippen LogP contribution in [0.2, 0.25) is 0 Å². The fourth-order valence-electron chi connectivity index (χ4n) is 2.03. The Bertz CT molecular complexity index is 582. The van der Waals surface area contributed by atoms with Crippen LogP contribution in [0, 0.1) is 17.0 Å². The van der Waals surface area contributed by atoms with Gasteiger partial charge in [0.05, 0.1) is 11.5 Å². The molecule has 0 fully saturated rings. The summed E-state index contributed by atoms with van der Waals surface area (Å²) in [6, 6.07) is 15.1. The second-order valence-electron chi connectivity index (χ2n) is 4.64. The van der Waals surface area contributed by atoms with E-state index < -0.39 is 0 Å². The summed E-state index contributed by atoms with van der Waals surface area (Å²) in [7, 11) is 0. The van der Waals surface area contributed by atoms with Crippen LogP contribution in [-0.2, 0) is 6.42 Å². The average Bonchev–Trinajstić information content (AvgIpc) is 2.44. The van der Waals surface area contributed by atoms with Gasteiger partial charge in [0.15, 0.2) is 0 Å². The molecule has 0 radical (unpaired) electrons. The van der Waals surface area contributed by atoms with Crippen LogP contribution in [0.5, 0.6) is 5.75 Å². The van der Waals surface area contributed by atoms with Gasteiger partial charge in [0.25, 0.3) is 5.69 Å². The van der Waals surface area contributed by atoms with Crippen molar-refractivity contribution in [2.75, 3.05) is 6.61 Å². The number of benzene rings is 2. The summed E-state index contributed by atoms with van der Waals surface area (Å²) in [5, 5.41) is 10.7. The molecule has 0 aliphatic rings. The Morgan fingerprint density at radius 3 is 2.55 bits per heavy atom. The summed E-state index contributed by atoms with van der Waals surface area (Å²) >= 11 is 0. The second kappa shape index (κ2) is 6.70. The molecule has 0 amide bonds. The van der Waals surface area contributed by atoms with Crippen LogP contribution < -0.4 is 4.74 Å². The Balaban J connectivity index is 1.83. The minimum absolute atomic E-state index is 0.127. The number of hydrogen-bond acceptors (Lipinski definition) is 3. The average molecular weight is 271 g/mol. The molecule has 104 valence electrons. The fourth-order valence-corrected chi connectivity index (χ4v) is 2.03. The number of nitro groups is 1. The quantitative estimate of drug-likeness (QED) is 0.454. The third-order valence-corrected chi connectivity index (χ3v) is 3.09. The lowest BCUT2D eigenvalue weighted by atomic mass is 10.1. The first-order valence-corrected chi connectivity index (χ1v) is 6.58. The second-order valence-corrected chi connectivity index (χ2v) is 4.64. The van der Waals surface area contributed by atoms with E-state index in [1.54, 1.807) is 19.1 Å². The van der Waals surface area contributed by atoms with Gasteiger partial charge in [0, 0.05) is 11.6 Å². The number of ether oxygens (including phenoxy) is 1. The molecule has 0 bridgehead atoms. The molecule has 2 aromatic carbocycles. The van der Waals surface area contributed by atoms with Crippen molar-refractivity contribution in [3.63, 3.8) is 0 Å². The Hall–Kier alpha value is -2.36.